The van der Waals surface area contributed by atoms with Crippen LogP contribution >= 0.6 is 0 Å². The predicted molar refractivity (Wildman–Crippen MR) is 55.8 cm³/mol. The Morgan fingerprint density at radius 2 is 2.20 bits per heavy atom. The minimum atomic E-state index is -3.37. The number of sulfonamides is 1. The normalized spacial score (nSPS) is 26.3. The quantitative estimate of drug-likeness (QED) is 0.804. The van der Waals surface area contributed by atoms with Gasteiger partial charge in [-0.1, -0.05) is 6.92 Å². The Balaban J connectivity index is 2.11. The van der Waals surface area contributed by atoms with Crippen LogP contribution < -0.4 is 4.72 Å². The van der Waals surface area contributed by atoms with Crippen LogP contribution in [0.2, 0.25) is 0 Å². The number of aromatic nitrogens is 2. The van der Waals surface area contributed by atoms with E-state index in [1.807, 2.05) is 0 Å². The van der Waals surface area contributed by atoms with Crippen molar-refractivity contribution in [3.8, 4) is 0 Å². The second-order valence-electron chi connectivity index (χ2n) is 4.25. The molecular weight excluding hydrogens is 214 g/mol. The lowest BCUT2D eigenvalue weighted by molar-refractivity contribution is 0.270. The second-order valence-corrected chi connectivity index (χ2v) is 5.94. The molecule has 0 atom stereocenters. The zero-order valence-corrected chi connectivity index (χ0v) is 9.63. The molecular formula is C9H15N3O2S. The molecule has 1 heterocycles. The second kappa shape index (κ2) is 3.61. The van der Waals surface area contributed by atoms with Crippen molar-refractivity contribution in [1.29, 1.82) is 0 Å². The number of nitrogens with one attached hydrogen (secondary N) is 2. The molecule has 1 saturated carbocycles. The number of H-pyrrole nitrogens is 1. The Labute approximate surface area is 89.3 Å². The van der Waals surface area contributed by atoms with E-state index < -0.39 is 10.0 Å². The molecule has 1 aromatic rings. The Morgan fingerprint density at radius 1 is 1.53 bits per heavy atom. The fourth-order valence-electron chi connectivity index (χ4n) is 1.89. The molecule has 0 unspecified atom stereocenters. The Morgan fingerprint density at radius 3 is 2.67 bits per heavy atom. The molecule has 6 heteroatoms. The smallest absolute Gasteiger partial charge is 0.244 e. The van der Waals surface area contributed by atoms with Gasteiger partial charge in [0.15, 0.2) is 0 Å². The molecule has 1 fully saturated rings. The third-order valence-corrected chi connectivity index (χ3v) is 4.40. The number of aromatic amines is 1. The van der Waals surface area contributed by atoms with Gasteiger partial charge in [0.05, 0.1) is 11.9 Å². The van der Waals surface area contributed by atoms with E-state index in [0.29, 0.717) is 11.6 Å². The summed E-state index contributed by atoms with van der Waals surface area (Å²) in [5, 5.41) is 6.33. The number of aryl methyl sites for hydroxylation is 1. The summed E-state index contributed by atoms with van der Waals surface area (Å²) in [6.07, 6.45) is 3.20. The number of nitrogens with zero attached hydrogens (tertiary/aromatic N) is 1. The highest BCUT2D eigenvalue weighted by Crippen LogP contribution is 2.27. The lowest BCUT2D eigenvalue weighted by Gasteiger charge is -2.32. The van der Waals surface area contributed by atoms with E-state index >= 15 is 0 Å². The minimum Gasteiger partial charge on any atom is -0.281 e. The van der Waals surface area contributed by atoms with E-state index in [-0.39, 0.29) is 10.9 Å². The number of rotatable bonds is 3. The molecule has 0 saturated heterocycles. The molecule has 1 aromatic heterocycles. The summed E-state index contributed by atoms with van der Waals surface area (Å²) in [6, 6.07) is 0.0966. The van der Waals surface area contributed by atoms with Gasteiger partial charge in [-0.05, 0) is 25.7 Å². The Bertz CT molecular complexity index is 446. The molecule has 0 aromatic carbocycles. The molecule has 1 aliphatic carbocycles. The van der Waals surface area contributed by atoms with Gasteiger partial charge >= 0.3 is 0 Å². The average molecular weight is 229 g/mol. The first kappa shape index (κ1) is 10.6. The lowest BCUT2D eigenvalue weighted by Crippen LogP contribution is -2.43. The highest BCUT2D eigenvalue weighted by molar-refractivity contribution is 7.89. The predicted octanol–water partition coefficient (Wildman–Crippen LogP) is 0.795. The average Bonchev–Trinajstić information content (AvgIpc) is 2.48. The number of hydrogen-bond acceptors (Lipinski definition) is 3. The SMILES string of the molecule is Cc1[nH]ncc1S(=O)(=O)NC1CC(C)C1. The first-order valence-corrected chi connectivity index (χ1v) is 6.49. The van der Waals surface area contributed by atoms with Crippen molar-refractivity contribution < 1.29 is 8.42 Å². The summed E-state index contributed by atoms with van der Waals surface area (Å²) >= 11 is 0. The summed E-state index contributed by atoms with van der Waals surface area (Å²) in [5.74, 6) is 0.628. The van der Waals surface area contributed by atoms with E-state index in [0.717, 1.165) is 12.8 Å². The molecule has 84 valence electrons. The molecule has 0 amide bonds. The van der Waals surface area contributed by atoms with Crippen LogP contribution in [0.3, 0.4) is 0 Å². The Kier molecular flexibility index (Phi) is 2.56. The third-order valence-electron chi connectivity index (χ3n) is 2.77. The molecule has 2 rings (SSSR count). The summed E-state index contributed by atoms with van der Waals surface area (Å²) in [4.78, 5) is 0.252. The molecule has 0 aliphatic heterocycles. The maximum atomic E-state index is 11.9. The maximum absolute atomic E-state index is 11.9. The van der Waals surface area contributed by atoms with Crippen molar-refractivity contribution in [3.63, 3.8) is 0 Å². The van der Waals surface area contributed by atoms with Crippen molar-refractivity contribution in [3.05, 3.63) is 11.9 Å². The maximum Gasteiger partial charge on any atom is 0.244 e. The number of hydrogen-bond donors (Lipinski definition) is 2. The summed E-state index contributed by atoms with van der Waals surface area (Å²) in [7, 11) is -3.37. The van der Waals surface area contributed by atoms with E-state index in [1.165, 1.54) is 6.20 Å². The van der Waals surface area contributed by atoms with Gasteiger partial charge in [-0.3, -0.25) is 5.10 Å². The largest absolute Gasteiger partial charge is 0.281 e. The monoisotopic (exact) mass is 229 g/mol. The van der Waals surface area contributed by atoms with E-state index in [4.69, 9.17) is 0 Å². The van der Waals surface area contributed by atoms with Gasteiger partial charge < -0.3 is 0 Å². The lowest BCUT2D eigenvalue weighted by atomic mass is 9.83. The van der Waals surface area contributed by atoms with Crippen LogP contribution in [0.1, 0.15) is 25.5 Å². The van der Waals surface area contributed by atoms with Crippen LogP contribution in [0.25, 0.3) is 0 Å². The molecule has 0 bridgehead atoms. The van der Waals surface area contributed by atoms with Crippen LogP contribution in [0.5, 0.6) is 0 Å². The van der Waals surface area contributed by atoms with Crippen molar-refractivity contribution in [2.45, 2.75) is 37.6 Å². The van der Waals surface area contributed by atoms with E-state index in [2.05, 4.69) is 21.8 Å². The minimum absolute atomic E-state index is 0.0966. The zero-order valence-electron chi connectivity index (χ0n) is 8.82. The summed E-state index contributed by atoms with van der Waals surface area (Å²) < 4.78 is 26.4. The highest BCUT2D eigenvalue weighted by atomic mass is 32.2. The first-order valence-electron chi connectivity index (χ1n) is 5.01. The van der Waals surface area contributed by atoms with E-state index in [9.17, 15) is 8.42 Å². The fourth-order valence-corrected chi connectivity index (χ4v) is 3.29. The fraction of sp³-hybridized carbons (Fsp3) is 0.667. The van der Waals surface area contributed by atoms with Crippen LogP contribution in [0.4, 0.5) is 0 Å². The Hall–Kier alpha value is -0.880. The summed E-state index contributed by atoms with van der Waals surface area (Å²) in [6.45, 7) is 3.82. The van der Waals surface area contributed by atoms with Gasteiger partial charge in [-0.25, -0.2) is 13.1 Å². The van der Waals surface area contributed by atoms with Crippen LogP contribution in [-0.2, 0) is 10.0 Å². The van der Waals surface area contributed by atoms with Crippen LogP contribution in [-0.4, -0.2) is 24.7 Å². The molecule has 1 aliphatic rings. The molecule has 2 N–H and O–H groups in total. The topological polar surface area (TPSA) is 74.8 Å². The van der Waals surface area contributed by atoms with Crippen molar-refractivity contribution >= 4 is 10.0 Å². The van der Waals surface area contributed by atoms with Gasteiger partial charge in [-0.2, -0.15) is 5.10 Å². The standard InChI is InChI=1S/C9H15N3O2S/c1-6-3-8(4-6)12-15(13,14)9-5-10-11-7(9)2/h5-6,8,12H,3-4H2,1-2H3,(H,10,11). The van der Waals surface area contributed by atoms with Crippen LogP contribution in [0, 0.1) is 12.8 Å². The molecule has 15 heavy (non-hydrogen) atoms. The first-order chi connectivity index (χ1) is 6.99. The van der Waals surface area contributed by atoms with Gasteiger partial charge in [0.25, 0.3) is 0 Å². The van der Waals surface area contributed by atoms with Crippen molar-refractivity contribution in [2.75, 3.05) is 0 Å². The van der Waals surface area contributed by atoms with Crippen molar-refractivity contribution in [1.82, 2.24) is 14.9 Å². The highest BCUT2D eigenvalue weighted by Gasteiger charge is 2.30. The third kappa shape index (κ3) is 2.05. The molecule has 0 spiro atoms. The van der Waals surface area contributed by atoms with Gasteiger partial charge in [0.2, 0.25) is 10.0 Å². The van der Waals surface area contributed by atoms with Gasteiger partial charge in [0.1, 0.15) is 4.90 Å². The zero-order chi connectivity index (χ0) is 11.1. The van der Waals surface area contributed by atoms with E-state index in [1.54, 1.807) is 6.92 Å². The summed E-state index contributed by atoms with van der Waals surface area (Å²) in [5.41, 5.74) is 0.579. The van der Waals surface area contributed by atoms with Gasteiger partial charge in [-0.15, -0.1) is 0 Å². The van der Waals surface area contributed by atoms with Gasteiger partial charge in [0, 0.05) is 6.04 Å². The molecule has 5 nitrogen and oxygen atoms in total. The molecule has 0 radical (unpaired) electrons. The van der Waals surface area contributed by atoms with Crippen LogP contribution in [0.15, 0.2) is 11.1 Å². The van der Waals surface area contributed by atoms with Crippen molar-refractivity contribution in [2.24, 2.45) is 5.92 Å².